The van der Waals surface area contributed by atoms with Crippen LogP contribution in [0.2, 0.25) is 0 Å². The molecule has 0 aromatic carbocycles. The standard InChI is InChI=1S/C20H24F2N6O3S/c1-10-15(11-7-8-11)24-14-6-2-4-12(14)16(10)25-20(29)27-32(23,30)17-13-5-3-9-31-18(13)28(26-17)19(21)22/h11,19H,2-9H2,1H3,(H3,23,24,25,27,29,30). The molecule has 2 amide bonds. The van der Waals surface area contributed by atoms with Gasteiger partial charge in [0.2, 0.25) is 5.88 Å². The van der Waals surface area contributed by atoms with Crippen molar-refractivity contribution >= 4 is 21.6 Å². The number of nitrogens with zero attached hydrogens (tertiary/aromatic N) is 4. The van der Waals surface area contributed by atoms with Crippen molar-refractivity contribution in [3.8, 4) is 5.88 Å². The van der Waals surface area contributed by atoms with Crippen LogP contribution in [0, 0.1) is 6.92 Å². The van der Waals surface area contributed by atoms with E-state index in [-0.39, 0.29) is 23.1 Å². The van der Waals surface area contributed by atoms with Gasteiger partial charge in [-0.25, -0.2) is 14.1 Å². The summed E-state index contributed by atoms with van der Waals surface area (Å²) in [6.45, 7) is -0.848. The number of amides is 2. The van der Waals surface area contributed by atoms with Crippen LogP contribution in [0.1, 0.15) is 66.2 Å². The zero-order chi connectivity index (χ0) is 22.6. The first-order valence-electron chi connectivity index (χ1n) is 10.7. The van der Waals surface area contributed by atoms with Crippen molar-refractivity contribution < 1.29 is 22.5 Å². The summed E-state index contributed by atoms with van der Waals surface area (Å²) in [5.41, 5.74) is 4.65. The topological polar surface area (TPSA) is 124 Å². The monoisotopic (exact) mass is 466 g/mol. The average molecular weight is 467 g/mol. The maximum Gasteiger partial charge on any atom is 0.354 e. The molecule has 3 aliphatic rings. The number of hydrogen-bond acceptors (Lipinski definition) is 5. The molecule has 0 spiro atoms. The lowest BCUT2D eigenvalue weighted by Crippen LogP contribution is -2.21. The van der Waals surface area contributed by atoms with Crippen molar-refractivity contribution in [1.29, 1.82) is 0 Å². The van der Waals surface area contributed by atoms with Gasteiger partial charge >= 0.3 is 12.6 Å². The van der Waals surface area contributed by atoms with Gasteiger partial charge in [-0.2, -0.15) is 18.6 Å². The van der Waals surface area contributed by atoms with Gasteiger partial charge in [0.1, 0.15) is 0 Å². The molecule has 1 saturated carbocycles. The van der Waals surface area contributed by atoms with E-state index in [9.17, 15) is 17.8 Å². The quantitative estimate of drug-likeness (QED) is 0.712. The van der Waals surface area contributed by atoms with Gasteiger partial charge in [0, 0.05) is 17.3 Å². The third kappa shape index (κ3) is 3.64. The Morgan fingerprint density at radius 1 is 1.28 bits per heavy atom. The van der Waals surface area contributed by atoms with Crippen molar-refractivity contribution in [3.63, 3.8) is 0 Å². The van der Waals surface area contributed by atoms with Gasteiger partial charge in [-0.15, -0.1) is 4.36 Å². The Morgan fingerprint density at radius 3 is 2.75 bits per heavy atom. The van der Waals surface area contributed by atoms with Crippen molar-refractivity contribution in [2.24, 2.45) is 9.50 Å². The third-order valence-corrected chi connectivity index (χ3v) is 7.43. The predicted molar refractivity (Wildman–Crippen MR) is 112 cm³/mol. The number of anilines is 1. The van der Waals surface area contributed by atoms with Gasteiger partial charge in [-0.3, -0.25) is 4.98 Å². The summed E-state index contributed by atoms with van der Waals surface area (Å²) in [4.78, 5) is 17.6. The number of rotatable bonds is 4. The highest BCUT2D eigenvalue weighted by Gasteiger charge is 2.33. The second-order valence-electron chi connectivity index (χ2n) is 8.40. The van der Waals surface area contributed by atoms with E-state index in [4.69, 9.17) is 14.9 Å². The van der Waals surface area contributed by atoms with E-state index in [1.165, 1.54) is 0 Å². The lowest BCUT2D eigenvalue weighted by atomic mass is 10.0. The minimum Gasteiger partial charge on any atom is -0.477 e. The second-order valence-corrected chi connectivity index (χ2v) is 10.1. The number of urea groups is 1. The van der Waals surface area contributed by atoms with Gasteiger partial charge in [0.15, 0.2) is 14.9 Å². The minimum atomic E-state index is -3.87. The smallest absolute Gasteiger partial charge is 0.354 e. The number of hydrogen-bond donors (Lipinski definition) is 2. The SMILES string of the molecule is Cc1c(C2CC2)nc2c(c1NC(=O)N=S(N)(=O)c1nn(C(F)F)c3c1CCCO3)CCC2. The molecule has 3 N–H and O–H groups in total. The average Bonchev–Trinajstić information content (AvgIpc) is 3.32. The number of nitrogens with two attached hydrogens (primary N) is 1. The van der Waals surface area contributed by atoms with E-state index < -0.39 is 22.5 Å². The molecule has 2 aromatic rings. The maximum atomic E-state index is 13.4. The molecule has 0 bridgehead atoms. The molecule has 5 rings (SSSR count). The van der Waals surface area contributed by atoms with Gasteiger partial charge in [0.05, 0.1) is 17.9 Å². The zero-order valence-corrected chi connectivity index (χ0v) is 18.4. The van der Waals surface area contributed by atoms with Crippen molar-refractivity contribution in [2.45, 2.75) is 69.4 Å². The summed E-state index contributed by atoms with van der Waals surface area (Å²) >= 11 is 0. The van der Waals surface area contributed by atoms with Crippen LogP contribution in [-0.4, -0.2) is 31.6 Å². The molecular weight excluding hydrogens is 442 g/mol. The Hall–Kier alpha value is -2.60. The number of nitrogens with one attached hydrogen (secondary N) is 1. The van der Waals surface area contributed by atoms with E-state index >= 15 is 0 Å². The second kappa shape index (κ2) is 7.77. The van der Waals surface area contributed by atoms with Crippen molar-refractivity contribution in [1.82, 2.24) is 14.8 Å². The molecular formula is C20H24F2N6O3S. The van der Waals surface area contributed by atoms with Crippen LogP contribution >= 0.6 is 0 Å². The number of aryl methyl sites for hydroxylation is 1. The Labute approximate surface area is 184 Å². The summed E-state index contributed by atoms with van der Waals surface area (Å²) in [7, 11) is -3.87. The first-order valence-corrected chi connectivity index (χ1v) is 12.2. The number of carbonyl (C=O) groups excluding carboxylic acids is 1. The van der Waals surface area contributed by atoms with Gasteiger partial charge < -0.3 is 10.1 Å². The van der Waals surface area contributed by atoms with E-state index in [0.29, 0.717) is 29.1 Å². The molecule has 2 aromatic heterocycles. The first-order chi connectivity index (χ1) is 15.3. The number of carbonyl (C=O) groups is 1. The molecule has 1 aliphatic heterocycles. The Morgan fingerprint density at radius 2 is 2.03 bits per heavy atom. The summed E-state index contributed by atoms with van der Waals surface area (Å²) in [5.74, 6) is 0.226. The molecule has 0 saturated heterocycles. The minimum absolute atomic E-state index is 0.174. The lowest BCUT2D eigenvalue weighted by molar-refractivity contribution is 0.0432. The van der Waals surface area contributed by atoms with Crippen LogP contribution in [-0.2, 0) is 29.2 Å². The fourth-order valence-corrected chi connectivity index (χ4v) is 5.64. The fraction of sp³-hybridized carbons (Fsp3) is 0.550. The number of halogens is 2. The molecule has 172 valence electrons. The van der Waals surface area contributed by atoms with Crippen molar-refractivity contribution in [2.75, 3.05) is 11.9 Å². The molecule has 32 heavy (non-hydrogen) atoms. The highest BCUT2D eigenvalue weighted by Crippen LogP contribution is 2.44. The largest absolute Gasteiger partial charge is 0.477 e. The number of ether oxygens (including phenoxy) is 1. The number of pyridine rings is 1. The van der Waals surface area contributed by atoms with E-state index in [0.717, 1.165) is 54.6 Å². The molecule has 2 aliphatic carbocycles. The number of fused-ring (bicyclic) bond motifs is 2. The highest BCUT2D eigenvalue weighted by molar-refractivity contribution is 7.91. The van der Waals surface area contributed by atoms with E-state index in [1.54, 1.807) is 0 Å². The normalized spacial score (nSPS) is 19.2. The summed E-state index contributed by atoms with van der Waals surface area (Å²) in [6, 6.07) is -0.903. The fourth-order valence-electron chi connectivity index (χ4n) is 4.51. The van der Waals surface area contributed by atoms with Crippen molar-refractivity contribution in [3.05, 3.63) is 28.1 Å². The summed E-state index contributed by atoms with van der Waals surface area (Å²) in [6.07, 6.45) is 5.56. The molecule has 9 nitrogen and oxygen atoms in total. The molecule has 1 unspecified atom stereocenters. The van der Waals surface area contributed by atoms with Crippen LogP contribution in [0.15, 0.2) is 9.39 Å². The highest BCUT2D eigenvalue weighted by atomic mass is 32.2. The van der Waals surface area contributed by atoms with E-state index in [2.05, 4.69) is 14.8 Å². The lowest BCUT2D eigenvalue weighted by Gasteiger charge is -2.16. The zero-order valence-electron chi connectivity index (χ0n) is 17.6. The maximum absolute atomic E-state index is 13.4. The van der Waals surface area contributed by atoms with Crippen LogP contribution in [0.5, 0.6) is 5.88 Å². The Kier molecular flexibility index (Phi) is 5.16. The summed E-state index contributed by atoms with van der Waals surface area (Å²) < 4.78 is 49.2. The molecule has 3 heterocycles. The molecule has 0 radical (unpaired) electrons. The van der Waals surface area contributed by atoms with Crippen LogP contribution < -0.4 is 15.2 Å². The van der Waals surface area contributed by atoms with E-state index in [1.807, 2.05) is 6.92 Å². The van der Waals surface area contributed by atoms with Crippen LogP contribution in [0.3, 0.4) is 0 Å². The van der Waals surface area contributed by atoms with Crippen LogP contribution in [0.4, 0.5) is 19.3 Å². The van der Waals surface area contributed by atoms with Gasteiger partial charge in [0.25, 0.3) is 0 Å². The van der Waals surface area contributed by atoms with Crippen LogP contribution in [0.25, 0.3) is 0 Å². The molecule has 12 heteroatoms. The Balaban J connectivity index is 1.51. The molecule has 1 atom stereocenters. The first kappa shape index (κ1) is 21.3. The number of aromatic nitrogens is 3. The van der Waals surface area contributed by atoms with Gasteiger partial charge in [-0.05, 0) is 63.0 Å². The summed E-state index contributed by atoms with van der Waals surface area (Å²) in [5, 5.41) is 12.0. The molecule has 1 fully saturated rings. The predicted octanol–water partition coefficient (Wildman–Crippen LogP) is 3.61. The Bertz CT molecular complexity index is 1230. The van der Waals surface area contributed by atoms with Gasteiger partial charge in [-0.1, -0.05) is 0 Å². The third-order valence-electron chi connectivity index (χ3n) is 6.11. The number of alkyl halides is 2.